The van der Waals surface area contributed by atoms with Gasteiger partial charge in [0.25, 0.3) is 0 Å². The fourth-order valence-corrected chi connectivity index (χ4v) is 2.92. The van der Waals surface area contributed by atoms with Gasteiger partial charge in [0.1, 0.15) is 0 Å². The van der Waals surface area contributed by atoms with E-state index in [2.05, 4.69) is 24.1 Å². The minimum absolute atomic E-state index is 0.330. The second-order valence-electron chi connectivity index (χ2n) is 3.98. The van der Waals surface area contributed by atoms with E-state index in [1.54, 1.807) is 0 Å². The van der Waals surface area contributed by atoms with Crippen molar-refractivity contribution in [2.45, 2.75) is 19.0 Å². The van der Waals surface area contributed by atoms with Crippen LogP contribution < -0.4 is 5.32 Å². The SMILES string of the molecule is CO[SiH2]C(C)(C)N1CCNCC1. The first-order valence-corrected chi connectivity index (χ1v) is 5.90. The first-order valence-electron chi connectivity index (χ1n) is 4.61. The summed E-state index contributed by atoms with van der Waals surface area (Å²) in [6.07, 6.45) is 0. The minimum atomic E-state index is -0.397. The van der Waals surface area contributed by atoms with E-state index in [1.165, 1.54) is 13.1 Å². The van der Waals surface area contributed by atoms with Crippen LogP contribution in [-0.2, 0) is 4.43 Å². The Balaban J connectivity index is 2.41. The number of hydrogen-bond donors (Lipinski definition) is 1. The van der Waals surface area contributed by atoms with Crippen molar-refractivity contribution in [2.24, 2.45) is 0 Å². The van der Waals surface area contributed by atoms with Gasteiger partial charge in [-0.2, -0.15) is 0 Å². The Hall–Kier alpha value is 0.0969. The Labute approximate surface area is 77.4 Å². The highest BCUT2D eigenvalue weighted by molar-refractivity contribution is 6.31. The first-order chi connectivity index (χ1) is 5.67. The Bertz CT molecular complexity index is 135. The third-order valence-corrected chi connectivity index (χ3v) is 3.91. The van der Waals surface area contributed by atoms with Crippen LogP contribution in [0.3, 0.4) is 0 Å². The maximum Gasteiger partial charge on any atom is 0.180 e. The molecule has 0 aliphatic carbocycles. The topological polar surface area (TPSA) is 24.5 Å². The summed E-state index contributed by atoms with van der Waals surface area (Å²) >= 11 is 0. The number of nitrogens with one attached hydrogen (secondary N) is 1. The van der Waals surface area contributed by atoms with E-state index < -0.39 is 9.76 Å². The molecule has 1 fully saturated rings. The third-order valence-electron chi connectivity index (χ3n) is 2.47. The molecular formula is C8H20N2OSi. The van der Waals surface area contributed by atoms with Gasteiger partial charge in [-0.15, -0.1) is 0 Å². The van der Waals surface area contributed by atoms with Gasteiger partial charge in [-0.05, 0) is 13.8 Å². The number of piperazine rings is 1. The highest BCUT2D eigenvalue weighted by atomic mass is 28.2. The van der Waals surface area contributed by atoms with Crippen LogP contribution in [0.2, 0.25) is 0 Å². The van der Waals surface area contributed by atoms with Crippen molar-refractivity contribution in [3.05, 3.63) is 0 Å². The average molecular weight is 188 g/mol. The van der Waals surface area contributed by atoms with Crippen LogP contribution in [0.5, 0.6) is 0 Å². The van der Waals surface area contributed by atoms with E-state index in [4.69, 9.17) is 4.43 Å². The average Bonchev–Trinajstić information content (AvgIpc) is 2.06. The maximum atomic E-state index is 5.34. The smallest absolute Gasteiger partial charge is 0.180 e. The van der Waals surface area contributed by atoms with Gasteiger partial charge in [-0.3, -0.25) is 4.90 Å². The summed E-state index contributed by atoms with van der Waals surface area (Å²) in [5.41, 5.74) is 0. The van der Waals surface area contributed by atoms with E-state index in [0.717, 1.165) is 13.1 Å². The molecule has 12 heavy (non-hydrogen) atoms. The fourth-order valence-electron chi connectivity index (χ4n) is 1.71. The first kappa shape index (κ1) is 10.2. The molecule has 72 valence electrons. The summed E-state index contributed by atoms with van der Waals surface area (Å²) in [5.74, 6) is 0. The molecule has 0 atom stereocenters. The predicted molar refractivity (Wildman–Crippen MR) is 54.1 cm³/mol. The van der Waals surface area contributed by atoms with E-state index in [-0.39, 0.29) is 0 Å². The molecular weight excluding hydrogens is 168 g/mol. The summed E-state index contributed by atoms with van der Waals surface area (Å²) in [6, 6.07) is 0. The third kappa shape index (κ3) is 2.55. The van der Waals surface area contributed by atoms with Crippen LogP contribution >= 0.6 is 0 Å². The monoisotopic (exact) mass is 188 g/mol. The number of hydrogen-bond acceptors (Lipinski definition) is 3. The van der Waals surface area contributed by atoms with Crippen LogP contribution in [-0.4, -0.2) is 53.1 Å². The molecule has 1 heterocycles. The molecule has 0 aromatic heterocycles. The molecule has 0 unspecified atom stereocenters. The lowest BCUT2D eigenvalue weighted by atomic mass is 10.2. The zero-order valence-electron chi connectivity index (χ0n) is 8.39. The molecule has 1 rings (SSSR count). The molecule has 3 nitrogen and oxygen atoms in total. The van der Waals surface area contributed by atoms with Crippen LogP contribution in [0, 0.1) is 0 Å². The van der Waals surface area contributed by atoms with Crippen LogP contribution in [0.25, 0.3) is 0 Å². The molecule has 1 saturated heterocycles. The van der Waals surface area contributed by atoms with Crippen molar-refractivity contribution in [2.75, 3.05) is 33.3 Å². The van der Waals surface area contributed by atoms with Gasteiger partial charge >= 0.3 is 0 Å². The second kappa shape index (κ2) is 4.37. The summed E-state index contributed by atoms with van der Waals surface area (Å²) in [6.45, 7) is 9.19. The number of nitrogens with zero attached hydrogens (tertiary/aromatic N) is 1. The quantitative estimate of drug-likeness (QED) is 0.596. The Kier molecular flexibility index (Phi) is 3.70. The zero-order valence-corrected chi connectivity index (χ0v) is 9.81. The summed E-state index contributed by atoms with van der Waals surface area (Å²) in [5, 5.41) is 3.69. The van der Waals surface area contributed by atoms with Crippen LogP contribution in [0.4, 0.5) is 0 Å². The molecule has 0 bridgehead atoms. The van der Waals surface area contributed by atoms with Crippen molar-refractivity contribution in [1.82, 2.24) is 10.2 Å². The molecule has 0 amide bonds. The summed E-state index contributed by atoms with van der Waals surface area (Å²) < 4.78 is 5.34. The van der Waals surface area contributed by atoms with E-state index in [1.807, 2.05) is 7.11 Å². The van der Waals surface area contributed by atoms with E-state index in [0.29, 0.717) is 5.16 Å². The maximum absolute atomic E-state index is 5.34. The fraction of sp³-hybridized carbons (Fsp3) is 1.00. The molecule has 0 saturated carbocycles. The standard InChI is InChI=1S/C8H20N2OSi/c1-8(2,12-11-3)10-6-4-9-5-7-10/h9H,4-7,12H2,1-3H3. The Morgan fingerprint density at radius 1 is 1.33 bits per heavy atom. The van der Waals surface area contributed by atoms with Gasteiger partial charge in [0.05, 0.1) is 0 Å². The van der Waals surface area contributed by atoms with Crippen molar-refractivity contribution < 1.29 is 4.43 Å². The van der Waals surface area contributed by atoms with Crippen LogP contribution in [0.15, 0.2) is 0 Å². The molecule has 1 aliphatic heterocycles. The van der Waals surface area contributed by atoms with Crippen molar-refractivity contribution in [3.63, 3.8) is 0 Å². The normalized spacial score (nSPS) is 22.2. The Morgan fingerprint density at radius 2 is 1.92 bits per heavy atom. The van der Waals surface area contributed by atoms with Gasteiger partial charge < -0.3 is 9.74 Å². The summed E-state index contributed by atoms with van der Waals surface area (Å²) in [4.78, 5) is 2.54. The highest BCUT2D eigenvalue weighted by Crippen LogP contribution is 2.12. The molecule has 0 aromatic carbocycles. The molecule has 0 radical (unpaired) electrons. The minimum Gasteiger partial charge on any atom is -0.425 e. The summed E-state index contributed by atoms with van der Waals surface area (Å²) in [7, 11) is 1.43. The molecule has 1 aliphatic rings. The Morgan fingerprint density at radius 3 is 2.42 bits per heavy atom. The largest absolute Gasteiger partial charge is 0.425 e. The molecule has 0 aromatic rings. The van der Waals surface area contributed by atoms with E-state index >= 15 is 0 Å². The van der Waals surface area contributed by atoms with Crippen molar-refractivity contribution in [1.29, 1.82) is 0 Å². The van der Waals surface area contributed by atoms with E-state index in [9.17, 15) is 0 Å². The van der Waals surface area contributed by atoms with Crippen molar-refractivity contribution in [3.8, 4) is 0 Å². The van der Waals surface area contributed by atoms with Gasteiger partial charge in [0, 0.05) is 38.5 Å². The van der Waals surface area contributed by atoms with Gasteiger partial charge in [0.15, 0.2) is 9.76 Å². The van der Waals surface area contributed by atoms with Gasteiger partial charge in [-0.25, -0.2) is 0 Å². The van der Waals surface area contributed by atoms with Crippen molar-refractivity contribution >= 4 is 9.76 Å². The second-order valence-corrected chi connectivity index (χ2v) is 6.58. The lowest BCUT2D eigenvalue weighted by molar-refractivity contribution is 0.151. The van der Waals surface area contributed by atoms with Crippen LogP contribution in [0.1, 0.15) is 13.8 Å². The molecule has 1 N–H and O–H groups in total. The zero-order chi connectivity index (χ0) is 9.03. The number of rotatable bonds is 3. The van der Waals surface area contributed by atoms with Gasteiger partial charge in [0.2, 0.25) is 0 Å². The predicted octanol–water partition coefficient (Wildman–Crippen LogP) is -0.642. The molecule has 0 spiro atoms. The lowest BCUT2D eigenvalue weighted by Crippen LogP contribution is -2.56. The lowest BCUT2D eigenvalue weighted by Gasteiger charge is -2.40. The van der Waals surface area contributed by atoms with Gasteiger partial charge in [-0.1, -0.05) is 0 Å². The highest BCUT2D eigenvalue weighted by Gasteiger charge is 2.27. The molecule has 4 heteroatoms.